The lowest BCUT2D eigenvalue weighted by molar-refractivity contribution is 0.0667. The molecule has 0 aromatic carbocycles. The fourth-order valence-corrected chi connectivity index (χ4v) is 2.79. The average molecular weight is 300 g/mol. The number of amides is 1. The van der Waals surface area contributed by atoms with Crippen LogP contribution in [0.5, 0.6) is 0 Å². The number of rotatable bonds is 3. The second kappa shape index (κ2) is 6.23. The predicted octanol–water partition coefficient (Wildman–Crippen LogP) is 0.544. The van der Waals surface area contributed by atoms with E-state index in [2.05, 4.69) is 34.5 Å². The molecule has 2 atom stereocenters. The van der Waals surface area contributed by atoms with E-state index in [9.17, 15) is 4.79 Å². The highest BCUT2D eigenvalue weighted by molar-refractivity contribution is 5.92. The molecule has 0 unspecified atom stereocenters. The molecule has 0 radical (unpaired) electrons. The number of hydrogen-bond donors (Lipinski definition) is 1. The fraction of sp³-hybridized carbons (Fsp3) is 0.467. The fourth-order valence-electron chi connectivity index (χ4n) is 2.79. The third kappa shape index (κ3) is 3.30. The summed E-state index contributed by atoms with van der Waals surface area (Å²) in [5.41, 5.74) is 1.27. The quantitative estimate of drug-likeness (QED) is 0.895. The molecular weight excluding hydrogens is 280 g/mol. The minimum absolute atomic E-state index is 0.0625. The minimum atomic E-state index is -0.0625. The molecule has 0 aliphatic carbocycles. The Hall–Kier alpha value is -2.28. The van der Waals surface area contributed by atoms with Gasteiger partial charge < -0.3 is 10.2 Å². The van der Waals surface area contributed by atoms with Crippen LogP contribution in [0.2, 0.25) is 0 Å². The van der Waals surface area contributed by atoms with Crippen LogP contribution in [0.25, 0.3) is 0 Å². The highest BCUT2D eigenvalue weighted by Gasteiger charge is 2.27. The van der Waals surface area contributed by atoms with Crippen LogP contribution in [0.4, 0.5) is 0 Å². The maximum Gasteiger partial charge on any atom is 0.276 e. The van der Waals surface area contributed by atoms with E-state index >= 15 is 0 Å². The summed E-state index contributed by atoms with van der Waals surface area (Å²) in [6.45, 7) is 6.05. The largest absolute Gasteiger partial charge is 0.334 e. The van der Waals surface area contributed by atoms with Crippen molar-refractivity contribution in [2.24, 2.45) is 0 Å². The van der Waals surface area contributed by atoms with Gasteiger partial charge in [0.05, 0.1) is 18.4 Å². The molecule has 116 valence electrons. The molecule has 1 amide bonds. The molecule has 22 heavy (non-hydrogen) atoms. The summed E-state index contributed by atoms with van der Waals surface area (Å²) < 4.78 is 1.64. The normalized spacial score (nSPS) is 21.8. The van der Waals surface area contributed by atoms with Crippen molar-refractivity contribution in [1.29, 1.82) is 0 Å². The monoisotopic (exact) mass is 300 g/mol. The van der Waals surface area contributed by atoms with Crippen LogP contribution < -0.4 is 5.32 Å². The summed E-state index contributed by atoms with van der Waals surface area (Å²) in [4.78, 5) is 18.6. The average Bonchev–Trinajstić information content (AvgIpc) is 2.95. The first-order chi connectivity index (χ1) is 10.6. The number of nitrogens with zero attached hydrogens (tertiary/aromatic N) is 5. The lowest BCUT2D eigenvalue weighted by Crippen LogP contribution is -2.55. The molecule has 0 spiro atoms. The summed E-state index contributed by atoms with van der Waals surface area (Å²) in [7, 11) is 0. The van der Waals surface area contributed by atoms with Crippen molar-refractivity contribution in [2.45, 2.75) is 32.5 Å². The maximum atomic E-state index is 12.5. The highest BCUT2D eigenvalue weighted by Crippen LogP contribution is 2.09. The summed E-state index contributed by atoms with van der Waals surface area (Å²) in [5, 5.41) is 11.5. The van der Waals surface area contributed by atoms with E-state index in [1.165, 1.54) is 0 Å². The van der Waals surface area contributed by atoms with Crippen molar-refractivity contribution >= 4 is 5.91 Å². The van der Waals surface area contributed by atoms with Crippen LogP contribution in [0.15, 0.2) is 30.6 Å². The Kier molecular flexibility index (Phi) is 4.15. The van der Waals surface area contributed by atoms with Gasteiger partial charge in [-0.2, -0.15) is 0 Å². The first-order valence-electron chi connectivity index (χ1n) is 7.47. The van der Waals surface area contributed by atoms with Gasteiger partial charge in [-0.3, -0.25) is 9.78 Å². The van der Waals surface area contributed by atoms with E-state index in [4.69, 9.17) is 0 Å². The molecular formula is C15H20N6O. The lowest BCUT2D eigenvalue weighted by atomic mass is 10.1. The number of piperazine rings is 1. The summed E-state index contributed by atoms with van der Waals surface area (Å²) in [5.74, 6) is -0.0625. The number of carbonyl (C=O) groups is 1. The zero-order chi connectivity index (χ0) is 15.5. The van der Waals surface area contributed by atoms with Gasteiger partial charge in [-0.25, -0.2) is 4.68 Å². The first-order valence-corrected chi connectivity index (χ1v) is 7.47. The number of pyridine rings is 1. The molecule has 2 aromatic rings. The molecule has 1 aliphatic rings. The van der Waals surface area contributed by atoms with Crippen LogP contribution in [-0.2, 0) is 6.54 Å². The van der Waals surface area contributed by atoms with Gasteiger partial charge in [0.15, 0.2) is 5.69 Å². The second-order valence-electron chi connectivity index (χ2n) is 5.80. The van der Waals surface area contributed by atoms with Gasteiger partial charge in [-0.15, -0.1) is 5.10 Å². The third-order valence-corrected chi connectivity index (χ3v) is 3.65. The van der Waals surface area contributed by atoms with Gasteiger partial charge in [0.2, 0.25) is 0 Å². The number of carbonyl (C=O) groups excluding carboxylic acids is 1. The Morgan fingerprint density at radius 1 is 1.32 bits per heavy atom. The SMILES string of the molecule is C[C@@H]1CN(C(=O)c2cn(Cc3ccccn3)nn2)C[C@H](C)N1. The van der Waals surface area contributed by atoms with Crippen LogP contribution in [0.1, 0.15) is 30.0 Å². The molecule has 2 aromatic heterocycles. The number of hydrogen-bond acceptors (Lipinski definition) is 5. The van der Waals surface area contributed by atoms with Crippen molar-refractivity contribution in [2.75, 3.05) is 13.1 Å². The molecule has 0 saturated carbocycles. The van der Waals surface area contributed by atoms with Crippen LogP contribution >= 0.6 is 0 Å². The topological polar surface area (TPSA) is 75.9 Å². The van der Waals surface area contributed by atoms with Gasteiger partial charge in [0.1, 0.15) is 0 Å². The lowest BCUT2D eigenvalue weighted by Gasteiger charge is -2.35. The number of nitrogens with one attached hydrogen (secondary N) is 1. The van der Waals surface area contributed by atoms with Gasteiger partial charge >= 0.3 is 0 Å². The molecule has 0 bridgehead atoms. The van der Waals surface area contributed by atoms with Gasteiger partial charge in [0, 0.05) is 31.4 Å². The molecule has 1 saturated heterocycles. The first kappa shape index (κ1) is 14.6. The number of aromatic nitrogens is 4. The van der Waals surface area contributed by atoms with Crippen molar-refractivity contribution < 1.29 is 4.79 Å². The van der Waals surface area contributed by atoms with Crippen LogP contribution in [0.3, 0.4) is 0 Å². The van der Waals surface area contributed by atoms with E-state index in [-0.39, 0.29) is 18.0 Å². The smallest absolute Gasteiger partial charge is 0.276 e. The zero-order valence-electron chi connectivity index (χ0n) is 12.8. The Morgan fingerprint density at radius 2 is 2.09 bits per heavy atom. The molecule has 3 rings (SSSR count). The van der Waals surface area contributed by atoms with E-state index < -0.39 is 0 Å². The van der Waals surface area contributed by atoms with Crippen molar-refractivity contribution in [3.8, 4) is 0 Å². The third-order valence-electron chi connectivity index (χ3n) is 3.65. The minimum Gasteiger partial charge on any atom is -0.334 e. The van der Waals surface area contributed by atoms with Crippen molar-refractivity contribution in [1.82, 2.24) is 30.2 Å². The standard InChI is InChI=1S/C15H20N6O/c1-11-7-20(8-12(2)17-11)15(22)14-10-21(19-18-14)9-13-5-3-4-6-16-13/h3-6,10-12,17H,7-9H2,1-2H3/t11-,12+. The molecule has 1 N–H and O–H groups in total. The molecule has 1 fully saturated rings. The molecule has 7 nitrogen and oxygen atoms in total. The predicted molar refractivity (Wildman–Crippen MR) is 81.3 cm³/mol. The maximum absolute atomic E-state index is 12.5. The van der Waals surface area contributed by atoms with Crippen molar-refractivity contribution in [3.05, 3.63) is 42.0 Å². The summed E-state index contributed by atoms with van der Waals surface area (Å²) in [6, 6.07) is 6.29. The highest BCUT2D eigenvalue weighted by atomic mass is 16.2. The molecule has 7 heteroatoms. The van der Waals surface area contributed by atoms with Gasteiger partial charge in [-0.05, 0) is 26.0 Å². The van der Waals surface area contributed by atoms with Crippen LogP contribution in [-0.4, -0.2) is 56.0 Å². The Labute approximate surface area is 129 Å². The summed E-state index contributed by atoms with van der Waals surface area (Å²) >= 11 is 0. The van der Waals surface area contributed by atoms with Crippen molar-refractivity contribution in [3.63, 3.8) is 0 Å². The Bertz CT molecular complexity index is 630. The van der Waals surface area contributed by atoms with E-state index in [1.54, 1.807) is 17.1 Å². The van der Waals surface area contributed by atoms with Gasteiger partial charge in [-0.1, -0.05) is 11.3 Å². The Morgan fingerprint density at radius 3 is 2.77 bits per heavy atom. The zero-order valence-corrected chi connectivity index (χ0v) is 12.8. The molecule has 3 heterocycles. The second-order valence-corrected chi connectivity index (χ2v) is 5.80. The van der Waals surface area contributed by atoms with E-state index in [0.717, 1.165) is 5.69 Å². The Balaban J connectivity index is 1.69. The van der Waals surface area contributed by atoms with Crippen LogP contribution in [0, 0.1) is 0 Å². The molecule has 1 aliphatic heterocycles. The van der Waals surface area contributed by atoms with E-state index in [1.807, 2.05) is 23.1 Å². The summed E-state index contributed by atoms with van der Waals surface area (Å²) in [6.07, 6.45) is 3.43. The van der Waals surface area contributed by atoms with E-state index in [0.29, 0.717) is 25.3 Å². The van der Waals surface area contributed by atoms with Gasteiger partial charge in [0.25, 0.3) is 5.91 Å².